The molecule has 0 aliphatic carbocycles. The average Bonchev–Trinajstić information content (AvgIpc) is 2.49. The van der Waals surface area contributed by atoms with Gasteiger partial charge in [0.2, 0.25) is 0 Å². The normalized spacial score (nSPS) is 19.6. The van der Waals surface area contributed by atoms with E-state index in [0.717, 1.165) is 19.4 Å². The molecule has 0 aromatic heterocycles. The molecular weight excluding hydrogens is 260 g/mol. The SMILES string of the molecule is CCOc1cc(/C(N)=N/O)ccc1OC1CCCOC1. The highest BCUT2D eigenvalue weighted by Crippen LogP contribution is 2.30. The molecule has 6 heteroatoms. The summed E-state index contributed by atoms with van der Waals surface area (Å²) in [5.41, 5.74) is 6.16. The van der Waals surface area contributed by atoms with Gasteiger partial charge in [-0.2, -0.15) is 0 Å². The molecule has 1 aromatic rings. The molecule has 0 saturated carbocycles. The van der Waals surface area contributed by atoms with Gasteiger partial charge in [-0.3, -0.25) is 0 Å². The Labute approximate surface area is 118 Å². The monoisotopic (exact) mass is 280 g/mol. The molecule has 1 fully saturated rings. The standard InChI is InChI=1S/C14H20N2O4/c1-2-19-13-8-10(14(15)16-17)5-6-12(13)20-11-4-3-7-18-9-11/h5-6,8,11,17H,2-4,7,9H2,1H3,(H2,15,16). The lowest BCUT2D eigenvalue weighted by Gasteiger charge is -2.24. The van der Waals surface area contributed by atoms with E-state index in [1.165, 1.54) is 0 Å². The zero-order valence-corrected chi connectivity index (χ0v) is 11.5. The van der Waals surface area contributed by atoms with Crippen LogP contribution in [0.1, 0.15) is 25.3 Å². The maximum Gasteiger partial charge on any atom is 0.170 e. The van der Waals surface area contributed by atoms with Gasteiger partial charge < -0.3 is 25.2 Å². The van der Waals surface area contributed by atoms with Gasteiger partial charge in [0.05, 0.1) is 13.2 Å². The second-order valence-corrected chi connectivity index (χ2v) is 4.54. The summed E-state index contributed by atoms with van der Waals surface area (Å²) in [5, 5.41) is 11.7. The van der Waals surface area contributed by atoms with E-state index in [1.54, 1.807) is 18.2 Å². The Kier molecular flexibility index (Phi) is 5.06. The third-order valence-corrected chi connectivity index (χ3v) is 3.06. The van der Waals surface area contributed by atoms with Gasteiger partial charge in [0.25, 0.3) is 0 Å². The van der Waals surface area contributed by atoms with Crippen LogP contribution in [0.3, 0.4) is 0 Å². The summed E-state index contributed by atoms with van der Waals surface area (Å²) in [6.45, 7) is 3.79. The van der Waals surface area contributed by atoms with Gasteiger partial charge in [-0.25, -0.2) is 0 Å². The van der Waals surface area contributed by atoms with Gasteiger partial charge in [0, 0.05) is 12.2 Å². The number of hydrogen-bond acceptors (Lipinski definition) is 5. The Morgan fingerprint density at radius 1 is 1.50 bits per heavy atom. The average molecular weight is 280 g/mol. The summed E-state index contributed by atoms with van der Waals surface area (Å²) < 4.78 is 16.9. The summed E-state index contributed by atoms with van der Waals surface area (Å²) in [6, 6.07) is 5.21. The lowest BCUT2D eigenvalue weighted by Crippen LogP contribution is -2.28. The van der Waals surface area contributed by atoms with Crippen LogP contribution >= 0.6 is 0 Å². The van der Waals surface area contributed by atoms with E-state index >= 15 is 0 Å². The zero-order chi connectivity index (χ0) is 14.4. The highest BCUT2D eigenvalue weighted by Gasteiger charge is 2.18. The topological polar surface area (TPSA) is 86.3 Å². The Hall–Kier alpha value is -1.95. The largest absolute Gasteiger partial charge is 0.490 e. The molecule has 0 radical (unpaired) electrons. The molecule has 3 N–H and O–H groups in total. The van der Waals surface area contributed by atoms with E-state index in [1.807, 2.05) is 6.92 Å². The number of hydrogen-bond donors (Lipinski definition) is 2. The van der Waals surface area contributed by atoms with Crippen molar-refractivity contribution < 1.29 is 19.4 Å². The van der Waals surface area contributed by atoms with Crippen LogP contribution in [0.5, 0.6) is 11.5 Å². The molecule has 1 aromatic carbocycles. The van der Waals surface area contributed by atoms with E-state index in [2.05, 4.69) is 5.16 Å². The second-order valence-electron chi connectivity index (χ2n) is 4.54. The van der Waals surface area contributed by atoms with Crippen LogP contribution in [0.4, 0.5) is 0 Å². The molecule has 1 saturated heterocycles. The van der Waals surface area contributed by atoms with Crippen molar-refractivity contribution in [2.24, 2.45) is 10.9 Å². The molecule has 1 aliphatic heterocycles. The molecule has 1 heterocycles. The number of nitrogens with two attached hydrogens (primary N) is 1. The van der Waals surface area contributed by atoms with E-state index in [4.69, 9.17) is 25.2 Å². The van der Waals surface area contributed by atoms with Crippen molar-refractivity contribution in [2.45, 2.75) is 25.9 Å². The van der Waals surface area contributed by atoms with Gasteiger partial charge in [-0.15, -0.1) is 0 Å². The van der Waals surface area contributed by atoms with Crippen molar-refractivity contribution in [1.82, 2.24) is 0 Å². The van der Waals surface area contributed by atoms with Gasteiger partial charge in [-0.05, 0) is 38.0 Å². The molecule has 0 spiro atoms. The van der Waals surface area contributed by atoms with Crippen molar-refractivity contribution >= 4 is 5.84 Å². The fraction of sp³-hybridized carbons (Fsp3) is 0.500. The van der Waals surface area contributed by atoms with Gasteiger partial charge in [-0.1, -0.05) is 5.16 Å². The van der Waals surface area contributed by atoms with Crippen LogP contribution < -0.4 is 15.2 Å². The van der Waals surface area contributed by atoms with Gasteiger partial charge in [0.15, 0.2) is 17.3 Å². The molecule has 20 heavy (non-hydrogen) atoms. The highest BCUT2D eigenvalue weighted by atomic mass is 16.6. The van der Waals surface area contributed by atoms with Crippen LogP contribution in [0, 0.1) is 0 Å². The van der Waals surface area contributed by atoms with Gasteiger partial charge in [0.1, 0.15) is 6.10 Å². The number of nitrogens with zero attached hydrogens (tertiary/aromatic N) is 1. The van der Waals surface area contributed by atoms with Gasteiger partial charge >= 0.3 is 0 Å². The summed E-state index contributed by atoms with van der Waals surface area (Å²) in [6.07, 6.45) is 2.00. The third-order valence-electron chi connectivity index (χ3n) is 3.06. The second kappa shape index (κ2) is 7.00. The first kappa shape index (κ1) is 14.5. The highest BCUT2D eigenvalue weighted by molar-refractivity contribution is 5.97. The Morgan fingerprint density at radius 2 is 2.35 bits per heavy atom. The maximum atomic E-state index is 8.71. The molecule has 1 unspecified atom stereocenters. The van der Waals surface area contributed by atoms with E-state index in [0.29, 0.717) is 30.3 Å². The van der Waals surface area contributed by atoms with Crippen LogP contribution in [0.2, 0.25) is 0 Å². The van der Waals surface area contributed by atoms with E-state index in [9.17, 15) is 0 Å². The first-order chi connectivity index (χ1) is 9.74. The lowest BCUT2D eigenvalue weighted by molar-refractivity contribution is 0.00625. The third kappa shape index (κ3) is 3.54. The van der Waals surface area contributed by atoms with Crippen LogP contribution in [-0.4, -0.2) is 37.0 Å². The quantitative estimate of drug-likeness (QED) is 0.371. The summed E-state index contributed by atoms with van der Waals surface area (Å²) in [5.74, 6) is 1.28. The first-order valence-corrected chi connectivity index (χ1v) is 6.73. The van der Waals surface area contributed by atoms with E-state index in [-0.39, 0.29) is 11.9 Å². The summed E-state index contributed by atoms with van der Waals surface area (Å²) in [4.78, 5) is 0. The van der Waals surface area contributed by atoms with Crippen LogP contribution in [-0.2, 0) is 4.74 Å². The molecule has 1 aliphatic rings. The van der Waals surface area contributed by atoms with Crippen molar-refractivity contribution in [2.75, 3.05) is 19.8 Å². The first-order valence-electron chi connectivity index (χ1n) is 6.73. The van der Waals surface area contributed by atoms with Crippen molar-refractivity contribution in [3.63, 3.8) is 0 Å². The molecule has 1 atom stereocenters. The fourth-order valence-electron chi connectivity index (χ4n) is 2.07. The minimum absolute atomic E-state index is 0.0395. The fourth-order valence-corrected chi connectivity index (χ4v) is 2.07. The molecule has 2 rings (SSSR count). The van der Waals surface area contributed by atoms with Crippen molar-refractivity contribution in [3.8, 4) is 11.5 Å². The number of oxime groups is 1. The van der Waals surface area contributed by atoms with Crippen molar-refractivity contribution in [3.05, 3.63) is 23.8 Å². The van der Waals surface area contributed by atoms with E-state index < -0.39 is 0 Å². The molecule has 0 amide bonds. The Bertz CT molecular complexity index is 470. The number of ether oxygens (including phenoxy) is 3. The van der Waals surface area contributed by atoms with Crippen LogP contribution in [0.25, 0.3) is 0 Å². The summed E-state index contributed by atoms with van der Waals surface area (Å²) >= 11 is 0. The van der Waals surface area contributed by atoms with Crippen molar-refractivity contribution in [1.29, 1.82) is 0 Å². The minimum Gasteiger partial charge on any atom is -0.490 e. The predicted molar refractivity (Wildman–Crippen MR) is 74.6 cm³/mol. The Morgan fingerprint density at radius 3 is 3.00 bits per heavy atom. The lowest BCUT2D eigenvalue weighted by atomic mass is 10.1. The zero-order valence-electron chi connectivity index (χ0n) is 11.5. The predicted octanol–water partition coefficient (Wildman–Crippen LogP) is 1.74. The van der Waals surface area contributed by atoms with Crippen LogP contribution in [0.15, 0.2) is 23.4 Å². The number of rotatable bonds is 5. The molecule has 0 bridgehead atoms. The smallest absolute Gasteiger partial charge is 0.170 e. The number of amidine groups is 1. The maximum absolute atomic E-state index is 8.71. The number of benzene rings is 1. The minimum atomic E-state index is 0.0395. The Balaban J connectivity index is 2.18. The molecular formula is C14H20N2O4. The summed E-state index contributed by atoms with van der Waals surface area (Å²) in [7, 11) is 0. The molecule has 110 valence electrons. The molecule has 6 nitrogen and oxygen atoms in total.